The summed E-state index contributed by atoms with van der Waals surface area (Å²) in [4.78, 5) is 16.8. The van der Waals surface area contributed by atoms with Gasteiger partial charge < -0.3 is 9.52 Å². The third-order valence-corrected chi connectivity index (χ3v) is 3.38. The van der Waals surface area contributed by atoms with Crippen LogP contribution in [0.5, 0.6) is 0 Å². The average molecular weight is 309 g/mol. The van der Waals surface area contributed by atoms with Crippen LogP contribution in [0.3, 0.4) is 0 Å². The van der Waals surface area contributed by atoms with E-state index < -0.39 is 5.97 Å². The van der Waals surface area contributed by atoms with E-state index in [-0.39, 0.29) is 6.42 Å². The second kappa shape index (κ2) is 7.24. The number of oxazole rings is 1. The monoisotopic (exact) mass is 308 g/mol. The SMILES string of the molecule is CCN(CCC(=O)O)Cc1ncc(-c2ccc(Cl)cc2)o1. The molecule has 2 aromatic rings. The van der Waals surface area contributed by atoms with Crippen molar-refractivity contribution in [1.82, 2.24) is 9.88 Å². The zero-order valence-corrected chi connectivity index (χ0v) is 12.5. The summed E-state index contributed by atoms with van der Waals surface area (Å²) in [5.41, 5.74) is 0.909. The van der Waals surface area contributed by atoms with Crippen molar-refractivity contribution in [1.29, 1.82) is 0 Å². The molecule has 0 fully saturated rings. The quantitative estimate of drug-likeness (QED) is 0.850. The highest BCUT2D eigenvalue weighted by molar-refractivity contribution is 6.30. The number of halogens is 1. The fourth-order valence-corrected chi connectivity index (χ4v) is 2.05. The van der Waals surface area contributed by atoms with E-state index in [1.807, 2.05) is 24.0 Å². The summed E-state index contributed by atoms with van der Waals surface area (Å²) >= 11 is 5.85. The van der Waals surface area contributed by atoms with Crippen LogP contribution >= 0.6 is 11.6 Å². The normalized spacial score (nSPS) is 11.0. The summed E-state index contributed by atoms with van der Waals surface area (Å²) < 4.78 is 5.71. The summed E-state index contributed by atoms with van der Waals surface area (Å²) in [5, 5.41) is 9.39. The molecule has 0 amide bonds. The molecule has 0 atom stereocenters. The minimum absolute atomic E-state index is 0.110. The van der Waals surface area contributed by atoms with Crippen molar-refractivity contribution in [2.45, 2.75) is 19.9 Å². The summed E-state index contributed by atoms with van der Waals surface area (Å²) in [6.45, 7) is 3.69. The molecule has 21 heavy (non-hydrogen) atoms. The average Bonchev–Trinajstić information content (AvgIpc) is 2.92. The first kappa shape index (κ1) is 15.5. The maximum Gasteiger partial charge on any atom is 0.304 e. The summed E-state index contributed by atoms with van der Waals surface area (Å²) in [6.07, 6.45) is 1.78. The lowest BCUT2D eigenvalue weighted by Crippen LogP contribution is -2.25. The molecule has 1 heterocycles. The molecule has 2 rings (SSSR count). The number of hydrogen-bond acceptors (Lipinski definition) is 4. The number of benzene rings is 1. The highest BCUT2D eigenvalue weighted by Gasteiger charge is 2.11. The predicted octanol–water partition coefficient (Wildman–Crippen LogP) is 3.29. The van der Waals surface area contributed by atoms with Crippen LogP contribution in [0.2, 0.25) is 5.02 Å². The molecular weight excluding hydrogens is 292 g/mol. The van der Waals surface area contributed by atoms with Crippen LogP contribution in [0, 0.1) is 0 Å². The topological polar surface area (TPSA) is 66.6 Å². The Kier molecular flexibility index (Phi) is 5.36. The summed E-state index contributed by atoms with van der Waals surface area (Å²) in [6, 6.07) is 7.33. The molecule has 0 unspecified atom stereocenters. The molecule has 0 saturated carbocycles. The first-order valence-electron chi connectivity index (χ1n) is 6.73. The van der Waals surface area contributed by atoms with Crippen molar-refractivity contribution in [3.05, 3.63) is 41.4 Å². The van der Waals surface area contributed by atoms with Gasteiger partial charge in [0.1, 0.15) is 0 Å². The lowest BCUT2D eigenvalue weighted by atomic mass is 10.2. The number of carboxylic acid groups (broad SMARTS) is 1. The van der Waals surface area contributed by atoms with Crippen LogP contribution in [-0.2, 0) is 11.3 Å². The fourth-order valence-electron chi connectivity index (χ4n) is 1.92. The van der Waals surface area contributed by atoms with Gasteiger partial charge in [-0.05, 0) is 30.8 Å². The van der Waals surface area contributed by atoms with Crippen molar-refractivity contribution >= 4 is 17.6 Å². The zero-order chi connectivity index (χ0) is 15.2. The maximum atomic E-state index is 10.6. The number of aliphatic carboxylic acids is 1. The van der Waals surface area contributed by atoms with E-state index in [0.29, 0.717) is 29.8 Å². The maximum absolute atomic E-state index is 10.6. The van der Waals surface area contributed by atoms with E-state index in [4.69, 9.17) is 21.1 Å². The van der Waals surface area contributed by atoms with Crippen LogP contribution < -0.4 is 0 Å². The van der Waals surface area contributed by atoms with E-state index in [1.165, 1.54) is 0 Å². The van der Waals surface area contributed by atoms with Gasteiger partial charge in [0.15, 0.2) is 5.76 Å². The molecule has 6 heteroatoms. The highest BCUT2D eigenvalue weighted by Crippen LogP contribution is 2.22. The first-order valence-corrected chi connectivity index (χ1v) is 7.11. The lowest BCUT2D eigenvalue weighted by molar-refractivity contribution is -0.137. The Morgan fingerprint density at radius 1 is 1.38 bits per heavy atom. The van der Waals surface area contributed by atoms with Crippen molar-refractivity contribution in [2.75, 3.05) is 13.1 Å². The Morgan fingerprint density at radius 3 is 2.71 bits per heavy atom. The molecule has 112 valence electrons. The van der Waals surface area contributed by atoms with Crippen LogP contribution in [-0.4, -0.2) is 34.0 Å². The Morgan fingerprint density at radius 2 is 2.10 bits per heavy atom. The molecule has 0 aliphatic carbocycles. The van der Waals surface area contributed by atoms with Gasteiger partial charge in [-0.3, -0.25) is 9.69 Å². The predicted molar refractivity (Wildman–Crippen MR) is 80.2 cm³/mol. The molecule has 0 bridgehead atoms. The van der Waals surface area contributed by atoms with E-state index in [2.05, 4.69) is 4.98 Å². The van der Waals surface area contributed by atoms with E-state index >= 15 is 0 Å². The fraction of sp³-hybridized carbons (Fsp3) is 0.333. The third kappa shape index (κ3) is 4.58. The minimum atomic E-state index is -0.803. The van der Waals surface area contributed by atoms with Crippen molar-refractivity contribution in [3.63, 3.8) is 0 Å². The summed E-state index contributed by atoms with van der Waals surface area (Å²) in [5.74, 6) is 0.450. The molecule has 0 saturated heterocycles. The van der Waals surface area contributed by atoms with Crippen molar-refractivity contribution in [2.24, 2.45) is 0 Å². The van der Waals surface area contributed by atoms with E-state index in [1.54, 1.807) is 18.3 Å². The van der Waals surface area contributed by atoms with Crippen LogP contribution in [0.1, 0.15) is 19.2 Å². The van der Waals surface area contributed by atoms with Crippen molar-refractivity contribution < 1.29 is 14.3 Å². The van der Waals surface area contributed by atoms with E-state index in [9.17, 15) is 4.79 Å². The molecule has 0 aliphatic rings. The van der Waals surface area contributed by atoms with Gasteiger partial charge >= 0.3 is 5.97 Å². The second-order valence-corrected chi connectivity index (χ2v) is 5.07. The third-order valence-electron chi connectivity index (χ3n) is 3.13. The van der Waals surface area contributed by atoms with Gasteiger partial charge in [0.05, 0.1) is 19.2 Å². The number of aromatic nitrogens is 1. The van der Waals surface area contributed by atoms with Crippen LogP contribution in [0.4, 0.5) is 0 Å². The van der Waals surface area contributed by atoms with Gasteiger partial charge in [0.25, 0.3) is 0 Å². The Balaban J connectivity index is 2.01. The van der Waals surface area contributed by atoms with Crippen molar-refractivity contribution in [3.8, 4) is 11.3 Å². The Labute approximate surface area is 128 Å². The molecule has 0 spiro atoms. The standard InChI is InChI=1S/C15H17ClN2O3/c1-2-18(8-7-15(19)20)10-14-17-9-13(21-14)11-3-5-12(16)6-4-11/h3-6,9H,2,7-8,10H2,1H3,(H,19,20). The molecule has 0 aliphatic heterocycles. The Bertz CT molecular complexity index is 595. The number of hydrogen-bond donors (Lipinski definition) is 1. The van der Waals surface area contributed by atoms with Gasteiger partial charge in [-0.2, -0.15) is 0 Å². The zero-order valence-electron chi connectivity index (χ0n) is 11.8. The van der Waals surface area contributed by atoms with E-state index in [0.717, 1.165) is 12.1 Å². The molecule has 5 nitrogen and oxygen atoms in total. The number of carbonyl (C=O) groups is 1. The van der Waals surface area contributed by atoms with Gasteiger partial charge in [-0.15, -0.1) is 0 Å². The molecule has 1 aromatic carbocycles. The molecule has 0 radical (unpaired) electrons. The number of nitrogens with zero attached hydrogens (tertiary/aromatic N) is 2. The van der Waals surface area contributed by atoms with Gasteiger partial charge in [0, 0.05) is 17.1 Å². The number of rotatable bonds is 7. The summed E-state index contributed by atoms with van der Waals surface area (Å²) in [7, 11) is 0. The largest absolute Gasteiger partial charge is 0.481 e. The first-order chi connectivity index (χ1) is 10.1. The van der Waals surface area contributed by atoms with Gasteiger partial charge in [0.2, 0.25) is 5.89 Å². The van der Waals surface area contributed by atoms with Gasteiger partial charge in [-0.1, -0.05) is 18.5 Å². The second-order valence-electron chi connectivity index (χ2n) is 4.64. The minimum Gasteiger partial charge on any atom is -0.481 e. The van der Waals surface area contributed by atoms with Crippen LogP contribution in [0.15, 0.2) is 34.9 Å². The lowest BCUT2D eigenvalue weighted by Gasteiger charge is -2.16. The number of carboxylic acids is 1. The molecule has 1 aromatic heterocycles. The highest BCUT2D eigenvalue weighted by atomic mass is 35.5. The molecular formula is C15H17ClN2O3. The molecule has 1 N–H and O–H groups in total. The van der Waals surface area contributed by atoms with Crippen LogP contribution in [0.25, 0.3) is 11.3 Å². The Hall–Kier alpha value is -1.85. The van der Waals surface area contributed by atoms with Gasteiger partial charge in [-0.25, -0.2) is 4.98 Å². The smallest absolute Gasteiger partial charge is 0.304 e.